The Bertz CT molecular complexity index is 448. The van der Waals surface area contributed by atoms with Crippen LogP contribution >= 0.6 is 0 Å². The van der Waals surface area contributed by atoms with Crippen molar-refractivity contribution in [2.24, 2.45) is 0 Å². The minimum atomic E-state index is -0.940. The second-order valence-corrected chi connectivity index (χ2v) is 3.51. The van der Waals surface area contributed by atoms with Gasteiger partial charge >= 0.3 is 5.97 Å². The Labute approximate surface area is 101 Å². The smallest absolute Gasteiger partial charge is 0.328 e. The van der Waals surface area contributed by atoms with E-state index in [1.807, 2.05) is 19.1 Å². The quantitative estimate of drug-likeness (QED) is 0.748. The van der Waals surface area contributed by atoms with Crippen molar-refractivity contribution in [1.29, 1.82) is 5.26 Å². The zero-order valence-electron chi connectivity index (χ0n) is 10.2. The van der Waals surface area contributed by atoms with Gasteiger partial charge in [0.2, 0.25) is 0 Å². The van der Waals surface area contributed by atoms with Crippen molar-refractivity contribution in [3.8, 4) is 11.8 Å². The van der Waals surface area contributed by atoms with Crippen LogP contribution in [-0.4, -0.2) is 19.7 Å². The SMILES string of the molecule is CCOC(=O)C(C#N)c1cccc(C)c1OC. The molecule has 0 aliphatic heterocycles. The highest BCUT2D eigenvalue weighted by Crippen LogP contribution is 2.30. The predicted molar refractivity (Wildman–Crippen MR) is 62.7 cm³/mol. The normalized spacial score (nSPS) is 11.4. The van der Waals surface area contributed by atoms with E-state index < -0.39 is 11.9 Å². The summed E-state index contributed by atoms with van der Waals surface area (Å²) in [7, 11) is 1.52. The van der Waals surface area contributed by atoms with Gasteiger partial charge in [0.25, 0.3) is 0 Å². The molecule has 1 unspecified atom stereocenters. The van der Waals surface area contributed by atoms with Gasteiger partial charge in [-0.25, -0.2) is 0 Å². The van der Waals surface area contributed by atoms with Gasteiger partial charge in [0.15, 0.2) is 5.92 Å². The highest BCUT2D eigenvalue weighted by Gasteiger charge is 2.25. The molecule has 1 aromatic rings. The van der Waals surface area contributed by atoms with Crippen LogP contribution in [0.5, 0.6) is 5.75 Å². The van der Waals surface area contributed by atoms with Crippen LogP contribution in [0.25, 0.3) is 0 Å². The molecule has 0 aliphatic carbocycles. The largest absolute Gasteiger partial charge is 0.496 e. The van der Waals surface area contributed by atoms with E-state index >= 15 is 0 Å². The maximum Gasteiger partial charge on any atom is 0.328 e. The summed E-state index contributed by atoms with van der Waals surface area (Å²) in [5, 5.41) is 9.08. The number of benzene rings is 1. The van der Waals surface area contributed by atoms with Gasteiger partial charge in [-0.1, -0.05) is 18.2 Å². The Kier molecular flexibility index (Phi) is 4.53. The first-order valence-electron chi connectivity index (χ1n) is 5.35. The molecule has 0 aromatic heterocycles. The Morgan fingerprint density at radius 2 is 2.24 bits per heavy atom. The average Bonchev–Trinajstić information content (AvgIpc) is 2.30. The second kappa shape index (κ2) is 5.90. The Balaban J connectivity index is 3.17. The van der Waals surface area contributed by atoms with E-state index in [1.54, 1.807) is 19.1 Å². The number of methoxy groups -OCH3 is 1. The third-order valence-corrected chi connectivity index (χ3v) is 2.41. The Morgan fingerprint density at radius 3 is 2.76 bits per heavy atom. The van der Waals surface area contributed by atoms with Crippen molar-refractivity contribution >= 4 is 5.97 Å². The molecule has 0 radical (unpaired) electrons. The van der Waals surface area contributed by atoms with E-state index in [-0.39, 0.29) is 6.61 Å². The molecule has 4 heteroatoms. The summed E-state index contributed by atoms with van der Waals surface area (Å²) in [5.74, 6) is -0.921. The lowest BCUT2D eigenvalue weighted by Crippen LogP contribution is -2.15. The van der Waals surface area contributed by atoms with E-state index in [2.05, 4.69) is 0 Å². The third-order valence-electron chi connectivity index (χ3n) is 2.41. The fourth-order valence-corrected chi connectivity index (χ4v) is 1.66. The number of aryl methyl sites for hydroxylation is 1. The molecule has 90 valence electrons. The molecule has 0 N–H and O–H groups in total. The van der Waals surface area contributed by atoms with Crippen LogP contribution in [-0.2, 0) is 9.53 Å². The highest BCUT2D eigenvalue weighted by molar-refractivity contribution is 5.82. The lowest BCUT2D eigenvalue weighted by atomic mass is 9.97. The topological polar surface area (TPSA) is 59.3 Å². The monoisotopic (exact) mass is 233 g/mol. The van der Waals surface area contributed by atoms with Gasteiger partial charge in [0.1, 0.15) is 5.75 Å². The number of esters is 1. The van der Waals surface area contributed by atoms with Gasteiger partial charge in [0, 0.05) is 5.56 Å². The molecule has 0 heterocycles. The molecule has 1 aromatic carbocycles. The molecule has 0 amide bonds. The molecule has 1 rings (SSSR count). The number of para-hydroxylation sites is 1. The van der Waals surface area contributed by atoms with Crippen molar-refractivity contribution in [1.82, 2.24) is 0 Å². The average molecular weight is 233 g/mol. The number of nitriles is 1. The molecule has 4 nitrogen and oxygen atoms in total. The van der Waals surface area contributed by atoms with Crippen molar-refractivity contribution < 1.29 is 14.3 Å². The summed E-state index contributed by atoms with van der Waals surface area (Å²) in [5.41, 5.74) is 1.43. The van der Waals surface area contributed by atoms with Crippen LogP contribution in [0.1, 0.15) is 24.0 Å². The van der Waals surface area contributed by atoms with Crippen LogP contribution in [0.2, 0.25) is 0 Å². The molecule has 0 aliphatic rings. The van der Waals surface area contributed by atoms with Gasteiger partial charge in [0.05, 0.1) is 19.8 Å². The fourth-order valence-electron chi connectivity index (χ4n) is 1.66. The summed E-state index contributed by atoms with van der Waals surface area (Å²) < 4.78 is 10.1. The summed E-state index contributed by atoms with van der Waals surface area (Å²) in [6, 6.07) is 7.31. The fraction of sp³-hybridized carbons (Fsp3) is 0.385. The van der Waals surface area contributed by atoms with Crippen LogP contribution < -0.4 is 4.74 Å². The highest BCUT2D eigenvalue weighted by atomic mass is 16.5. The predicted octanol–water partition coefficient (Wildman–Crippen LogP) is 2.17. The van der Waals surface area contributed by atoms with Crippen molar-refractivity contribution in [2.75, 3.05) is 13.7 Å². The van der Waals surface area contributed by atoms with Crippen molar-refractivity contribution in [3.05, 3.63) is 29.3 Å². The van der Waals surface area contributed by atoms with Gasteiger partial charge in [-0.2, -0.15) is 5.26 Å². The van der Waals surface area contributed by atoms with Crippen LogP contribution in [0, 0.1) is 18.3 Å². The molecular weight excluding hydrogens is 218 g/mol. The minimum Gasteiger partial charge on any atom is -0.496 e. The molecule has 0 bridgehead atoms. The summed E-state index contributed by atoms with van der Waals surface area (Å²) in [6.07, 6.45) is 0. The first-order valence-corrected chi connectivity index (χ1v) is 5.35. The van der Waals surface area contributed by atoms with Crippen LogP contribution in [0.3, 0.4) is 0 Å². The zero-order valence-corrected chi connectivity index (χ0v) is 10.2. The number of rotatable bonds is 4. The van der Waals surface area contributed by atoms with E-state index in [0.29, 0.717) is 11.3 Å². The number of hydrogen-bond donors (Lipinski definition) is 0. The maximum atomic E-state index is 11.7. The van der Waals surface area contributed by atoms with Crippen LogP contribution in [0.15, 0.2) is 18.2 Å². The molecule has 0 saturated carbocycles. The number of nitrogens with zero attached hydrogens (tertiary/aromatic N) is 1. The number of carbonyl (C=O) groups is 1. The Hall–Kier alpha value is -2.02. The molecule has 0 spiro atoms. The summed E-state index contributed by atoms with van der Waals surface area (Å²) in [6.45, 7) is 3.83. The lowest BCUT2D eigenvalue weighted by Gasteiger charge is -2.14. The molecule has 0 saturated heterocycles. The van der Waals surface area contributed by atoms with E-state index in [0.717, 1.165) is 5.56 Å². The van der Waals surface area contributed by atoms with Crippen molar-refractivity contribution in [3.63, 3.8) is 0 Å². The molecule has 1 atom stereocenters. The third kappa shape index (κ3) is 2.76. The molecule has 0 fully saturated rings. The number of ether oxygens (including phenoxy) is 2. The molecule has 17 heavy (non-hydrogen) atoms. The number of hydrogen-bond acceptors (Lipinski definition) is 4. The summed E-state index contributed by atoms with van der Waals surface area (Å²) in [4.78, 5) is 11.7. The van der Waals surface area contributed by atoms with Gasteiger partial charge < -0.3 is 9.47 Å². The van der Waals surface area contributed by atoms with Gasteiger partial charge in [-0.05, 0) is 19.4 Å². The standard InChI is InChI=1S/C13H15NO3/c1-4-17-13(15)11(8-14)10-7-5-6-9(2)12(10)16-3/h5-7,11H,4H2,1-3H3. The van der Waals surface area contributed by atoms with E-state index in [4.69, 9.17) is 14.7 Å². The second-order valence-electron chi connectivity index (χ2n) is 3.51. The van der Waals surface area contributed by atoms with E-state index in [1.165, 1.54) is 7.11 Å². The summed E-state index contributed by atoms with van der Waals surface area (Å²) >= 11 is 0. The first-order chi connectivity index (χ1) is 8.15. The minimum absolute atomic E-state index is 0.255. The Morgan fingerprint density at radius 1 is 1.53 bits per heavy atom. The van der Waals surface area contributed by atoms with Crippen molar-refractivity contribution in [2.45, 2.75) is 19.8 Å². The number of carbonyl (C=O) groups excluding carboxylic acids is 1. The van der Waals surface area contributed by atoms with Gasteiger partial charge in [-0.15, -0.1) is 0 Å². The van der Waals surface area contributed by atoms with Gasteiger partial charge in [-0.3, -0.25) is 4.79 Å². The lowest BCUT2D eigenvalue weighted by molar-refractivity contribution is -0.143. The first kappa shape index (κ1) is 13.0. The van der Waals surface area contributed by atoms with Crippen LogP contribution in [0.4, 0.5) is 0 Å². The van der Waals surface area contributed by atoms with E-state index in [9.17, 15) is 4.79 Å². The maximum absolute atomic E-state index is 11.7. The molecular formula is C13H15NO3. The zero-order chi connectivity index (χ0) is 12.8.